The molecule has 0 saturated heterocycles. The topological polar surface area (TPSA) is 43.4 Å². The number of hydrogen-bond acceptors (Lipinski definition) is 3. The molecule has 3 aromatic rings. The molecule has 1 atom stereocenters. The van der Waals surface area contributed by atoms with Gasteiger partial charge in [-0.1, -0.05) is 85.3 Å². The Hall–Kier alpha value is -2.43. The highest BCUT2D eigenvalue weighted by Gasteiger charge is 2.24. The van der Waals surface area contributed by atoms with E-state index < -0.39 is 10.1 Å². The first-order chi connectivity index (χ1) is 13.0. The molecule has 0 radical (unpaired) electrons. The standard InChI is InChI=1S/C23H24O3S/c1-18-13-15-22(16-14-18)27(24,25)26-17-19(2)23(20-9-5-3-6-10-20)21-11-7-4-8-12-21/h3-16,19,23H,17H2,1-2H3. The number of hydrogen-bond donors (Lipinski definition) is 0. The average Bonchev–Trinajstić information content (AvgIpc) is 2.69. The Bertz CT molecular complexity index is 910. The normalized spacial score (nSPS) is 12.9. The molecule has 3 rings (SSSR count). The highest BCUT2D eigenvalue weighted by Crippen LogP contribution is 2.32. The molecule has 3 nitrogen and oxygen atoms in total. The van der Waals surface area contributed by atoms with E-state index in [-0.39, 0.29) is 23.3 Å². The van der Waals surface area contributed by atoms with Crippen LogP contribution in [0.25, 0.3) is 0 Å². The van der Waals surface area contributed by atoms with E-state index in [1.165, 1.54) is 0 Å². The third kappa shape index (κ3) is 4.85. The van der Waals surface area contributed by atoms with E-state index in [1.807, 2.05) is 50.2 Å². The van der Waals surface area contributed by atoms with Gasteiger partial charge in [-0.2, -0.15) is 8.42 Å². The van der Waals surface area contributed by atoms with Crippen LogP contribution < -0.4 is 0 Å². The quantitative estimate of drug-likeness (QED) is 0.531. The van der Waals surface area contributed by atoms with E-state index in [2.05, 4.69) is 24.3 Å². The lowest BCUT2D eigenvalue weighted by atomic mass is 9.82. The van der Waals surface area contributed by atoms with Gasteiger partial charge in [0.2, 0.25) is 0 Å². The number of aryl methyl sites for hydroxylation is 1. The maximum atomic E-state index is 12.5. The van der Waals surface area contributed by atoms with E-state index >= 15 is 0 Å². The van der Waals surface area contributed by atoms with Crippen LogP contribution >= 0.6 is 0 Å². The lowest BCUT2D eigenvalue weighted by Crippen LogP contribution is -2.19. The van der Waals surface area contributed by atoms with Crippen molar-refractivity contribution in [3.05, 3.63) is 102 Å². The summed E-state index contributed by atoms with van der Waals surface area (Å²) in [5, 5.41) is 0. The number of benzene rings is 3. The Morgan fingerprint density at radius 2 is 1.26 bits per heavy atom. The second-order valence-electron chi connectivity index (χ2n) is 6.83. The molecule has 0 saturated carbocycles. The van der Waals surface area contributed by atoms with Crippen LogP contribution in [-0.4, -0.2) is 15.0 Å². The molecule has 140 valence electrons. The van der Waals surface area contributed by atoms with E-state index in [0.29, 0.717) is 0 Å². The monoisotopic (exact) mass is 380 g/mol. The van der Waals surface area contributed by atoms with Crippen LogP contribution in [0.4, 0.5) is 0 Å². The molecule has 0 amide bonds. The smallest absolute Gasteiger partial charge is 0.266 e. The van der Waals surface area contributed by atoms with Gasteiger partial charge in [0.1, 0.15) is 0 Å². The first-order valence-corrected chi connectivity index (χ1v) is 10.4. The average molecular weight is 381 g/mol. The third-order valence-electron chi connectivity index (χ3n) is 4.68. The fourth-order valence-corrected chi connectivity index (χ4v) is 4.24. The Morgan fingerprint density at radius 1 is 0.778 bits per heavy atom. The summed E-state index contributed by atoms with van der Waals surface area (Å²) in [6.07, 6.45) is 0. The Morgan fingerprint density at radius 3 is 1.74 bits per heavy atom. The molecule has 0 aliphatic heterocycles. The van der Waals surface area contributed by atoms with Crippen LogP contribution in [0.5, 0.6) is 0 Å². The van der Waals surface area contributed by atoms with Crippen LogP contribution in [0.2, 0.25) is 0 Å². The van der Waals surface area contributed by atoms with Crippen molar-refractivity contribution in [3.63, 3.8) is 0 Å². The summed E-state index contributed by atoms with van der Waals surface area (Å²) in [5.41, 5.74) is 3.30. The van der Waals surface area contributed by atoms with Gasteiger partial charge in [-0.05, 0) is 36.1 Å². The second kappa shape index (κ2) is 8.51. The van der Waals surface area contributed by atoms with Gasteiger partial charge < -0.3 is 0 Å². The van der Waals surface area contributed by atoms with Crippen molar-refractivity contribution in [1.29, 1.82) is 0 Å². The van der Waals surface area contributed by atoms with Gasteiger partial charge in [0.15, 0.2) is 0 Å². The van der Waals surface area contributed by atoms with Crippen LogP contribution in [0.1, 0.15) is 29.5 Å². The fourth-order valence-electron chi connectivity index (χ4n) is 3.24. The zero-order valence-corrected chi connectivity index (χ0v) is 16.4. The zero-order chi connectivity index (χ0) is 19.3. The van der Waals surface area contributed by atoms with Crippen LogP contribution in [0.15, 0.2) is 89.8 Å². The van der Waals surface area contributed by atoms with E-state index in [0.717, 1.165) is 16.7 Å². The minimum atomic E-state index is -3.77. The van der Waals surface area contributed by atoms with Crippen LogP contribution in [0, 0.1) is 12.8 Å². The van der Waals surface area contributed by atoms with Gasteiger partial charge in [-0.3, -0.25) is 4.18 Å². The molecular formula is C23H24O3S. The molecular weight excluding hydrogens is 356 g/mol. The van der Waals surface area contributed by atoms with Crippen molar-refractivity contribution in [2.75, 3.05) is 6.61 Å². The lowest BCUT2D eigenvalue weighted by molar-refractivity contribution is 0.252. The molecule has 0 aliphatic carbocycles. The summed E-state index contributed by atoms with van der Waals surface area (Å²) in [4.78, 5) is 0.191. The van der Waals surface area contributed by atoms with Crippen molar-refractivity contribution in [1.82, 2.24) is 0 Å². The summed E-state index contributed by atoms with van der Waals surface area (Å²) in [7, 11) is -3.77. The molecule has 27 heavy (non-hydrogen) atoms. The fraction of sp³-hybridized carbons (Fsp3) is 0.217. The lowest BCUT2D eigenvalue weighted by Gasteiger charge is -2.25. The first-order valence-electron chi connectivity index (χ1n) is 9.03. The van der Waals surface area contributed by atoms with Crippen molar-refractivity contribution in [3.8, 4) is 0 Å². The highest BCUT2D eigenvalue weighted by atomic mass is 32.2. The van der Waals surface area contributed by atoms with Crippen molar-refractivity contribution < 1.29 is 12.6 Å². The van der Waals surface area contributed by atoms with Gasteiger partial charge >= 0.3 is 0 Å². The first kappa shape index (κ1) is 19.3. The molecule has 0 spiro atoms. The van der Waals surface area contributed by atoms with E-state index in [4.69, 9.17) is 4.18 Å². The van der Waals surface area contributed by atoms with E-state index in [1.54, 1.807) is 24.3 Å². The molecule has 4 heteroatoms. The van der Waals surface area contributed by atoms with Crippen molar-refractivity contribution in [2.24, 2.45) is 5.92 Å². The maximum Gasteiger partial charge on any atom is 0.296 e. The summed E-state index contributed by atoms with van der Waals surface area (Å²) < 4.78 is 30.5. The molecule has 0 fully saturated rings. The maximum absolute atomic E-state index is 12.5. The predicted molar refractivity (Wildman–Crippen MR) is 108 cm³/mol. The molecule has 0 aliphatic rings. The molecule has 1 unspecified atom stereocenters. The Labute approximate surface area is 161 Å². The van der Waals surface area contributed by atoms with Crippen LogP contribution in [-0.2, 0) is 14.3 Å². The minimum absolute atomic E-state index is 0.0185. The Kier molecular flexibility index (Phi) is 6.09. The zero-order valence-electron chi connectivity index (χ0n) is 15.6. The molecule has 0 N–H and O–H groups in total. The summed E-state index contributed by atoms with van der Waals surface area (Å²) in [6, 6.07) is 27.0. The van der Waals surface area contributed by atoms with Crippen molar-refractivity contribution in [2.45, 2.75) is 24.7 Å². The van der Waals surface area contributed by atoms with Gasteiger partial charge in [0, 0.05) is 5.92 Å². The predicted octanol–water partition coefficient (Wildman–Crippen LogP) is 5.17. The van der Waals surface area contributed by atoms with Gasteiger partial charge in [-0.15, -0.1) is 0 Å². The minimum Gasteiger partial charge on any atom is -0.266 e. The van der Waals surface area contributed by atoms with Crippen molar-refractivity contribution >= 4 is 10.1 Å². The summed E-state index contributed by atoms with van der Waals surface area (Å²) in [6.45, 7) is 4.06. The van der Waals surface area contributed by atoms with E-state index in [9.17, 15) is 8.42 Å². The molecule has 3 aromatic carbocycles. The van der Waals surface area contributed by atoms with Gasteiger partial charge in [-0.25, -0.2) is 0 Å². The summed E-state index contributed by atoms with van der Waals surface area (Å²) >= 11 is 0. The number of rotatable bonds is 7. The van der Waals surface area contributed by atoms with Crippen LogP contribution in [0.3, 0.4) is 0 Å². The molecule has 0 bridgehead atoms. The van der Waals surface area contributed by atoms with Gasteiger partial charge in [0.25, 0.3) is 10.1 Å². The highest BCUT2D eigenvalue weighted by molar-refractivity contribution is 7.86. The summed E-state index contributed by atoms with van der Waals surface area (Å²) in [5.74, 6) is 0.0376. The largest absolute Gasteiger partial charge is 0.296 e. The third-order valence-corrected chi connectivity index (χ3v) is 5.98. The molecule has 0 aromatic heterocycles. The Balaban J connectivity index is 1.81. The SMILES string of the molecule is Cc1ccc(S(=O)(=O)OCC(C)C(c2ccccc2)c2ccccc2)cc1. The molecule has 0 heterocycles. The van der Waals surface area contributed by atoms with Gasteiger partial charge in [0.05, 0.1) is 11.5 Å². The second-order valence-corrected chi connectivity index (χ2v) is 8.44.